The van der Waals surface area contributed by atoms with Gasteiger partial charge in [-0.05, 0) is 55.3 Å². The van der Waals surface area contributed by atoms with Crippen LogP contribution in [0.3, 0.4) is 0 Å². The van der Waals surface area contributed by atoms with E-state index in [0.29, 0.717) is 30.4 Å². The van der Waals surface area contributed by atoms with Crippen molar-refractivity contribution in [2.45, 2.75) is 20.4 Å². The number of rotatable bonds is 10. The molecular weight excluding hydrogens is 392 g/mol. The number of carbonyl (C=O) groups excluding carboxylic acids is 1. The number of nitrogens with one attached hydrogen (secondary N) is 2. The predicted octanol–water partition coefficient (Wildman–Crippen LogP) is 3.19. The van der Waals surface area contributed by atoms with Gasteiger partial charge >= 0.3 is 0 Å². The van der Waals surface area contributed by atoms with Crippen LogP contribution in [0.2, 0.25) is 0 Å². The molecule has 0 bridgehead atoms. The molecule has 0 saturated heterocycles. The molecule has 2 aromatic carbocycles. The summed E-state index contributed by atoms with van der Waals surface area (Å²) in [5, 5.41) is 2.77. The van der Waals surface area contributed by atoms with Gasteiger partial charge < -0.3 is 14.8 Å². The first-order valence-corrected chi connectivity index (χ1v) is 11.1. The van der Waals surface area contributed by atoms with Gasteiger partial charge in [-0.2, -0.15) is 0 Å². The van der Waals surface area contributed by atoms with Crippen LogP contribution in [0.5, 0.6) is 11.5 Å². The summed E-state index contributed by atoms with van der Waals surface area (Å²) >= 11 is 0. The zero-order chi connectivity index (χ0) is 21.3. The largest absolute Gasteiger partial charge is 0.490 e. The maximum Gasteiger partial charge on any atom is 0.244 e. The number of anilines is 1. The minimum atomic E-state index is -3.35. The molecule has 0 heterocycles. The Labute approximate surface area is 171 Å². The molecule has 0 fully saturated rings. The highest BCUT2D eigenvalue weighted by Crippen LogP contribution is 2.29. The molecule has 2 rings (SSSR count). The molecule has 156 valence electrons. The van der Waals surface area contributed by atoms with Crippen LogP contribution in [0.15, 0.2) is 48.5 Å². The Hall–Kier alpha value is -3.00. The SMILES string of the molecule is CCOc1ccc(/C=C/C(=O)NCc2cccc(NS(C)(=O)=O)c2)cc1OCC. The van der Waals surface area contributed by atoms with E-state index in [0.717, 1.165) is 17.4 Å². The highest BCUT2D eigenvalue weighted by atomic mass is 32.2. The lowest BCUT2D eigenvalue weighted by molar-refractivity contribution is -0.116. The van der Waals surface area contributed by atoms with E-state index in [1.807, 2.05) is 32.0 Å². The Morgan fingerprint density at radius 3 is 2.45 bits per heavy atom. The summed E-state index contributed by atoms with van der Waals surface area (Å²) in [5.41, 5.74) is 2.04. The molecule has 8 heteroatoms. The lowest BCUT2D eigenvalue weighted by atomic mass is 10.2. The molecule has 0 aliphatic carbocycles. The summed E-state index contributed by atoms with van der Waals surface area (Å²) in [6.45, 7) is 5.13. The second-order valence-electron chi connectivity index (χ2n) is 6.20. The van der Waals surface area contributed by atoms with Crippen LogP contribution in [0.4, 0.5) is 5.69 Å². The maximum atomic E-state index is 12.1. The lowest BCUT2D eigenvalue weighted by Gasteiger charge is -2.11. The molecule has 0 saturated carbocycles. The number of sulfonamides is 1. The van der Waals surface area contributed by atoms with E-state index in [1.54, 1.807) is 30.3 Å². The molecule has 2 N–H and O–H groups in total. The molecule has 29 heavy (non-hydrogen) atoms. The Balaban J connectivity index is 1.98. The second-order valence-corrected chi connectivity index (χ2v) is 7.95. The highest BCUT2D eigenvalue weighted by molar-refractivity contribution is 7.92. The zero-order valence-electron chi connectivity index (χ0n) is 16.8. The van der Waals surface area contributed by atoms with Crippen LogP contribution in [-0.2, 0) is 21.4 Å². The van der Waals surface area contributed by atoms with E-state index < -0.39 is 10.0 Å². The van der Waals surface area contributed by atoms with Crippen LogP contribution in [0.1, 0.15) is 25.0 Å². The number of hydrogen-bond acceptors (Lipinski definition) is 5. The number of amides is 1. The van der Waals surface area contributed by atoms with Crippen molar-refractivity contribution in [3.63, 3.8) is 0 Å². The zero-order valence-corrected chi connectivity index (χ0v) is 17.6. The van der Waals surface area contributed by atoms with E-state index in [-0.39, 0.29) is 12.5 Å². The first-order chi connectivity index (χ1) is 13.8. The Morgan fingerprint density at radius 1 is 1.03 bits per heavy atom. The minimum Gasteiger partial charge on any atom is -0.490 e. The van der Waals surface area contributed by atoms with Gasteiger partial charge in [0.05, 0.1) is 19.5 Å². The monoisotopic (exact) mass is 418 g/mol. The molecule has 0 atom stereocenters. The third-order valence-corrected chi connectivity index (χ3v) is 4.30. The van der Waals surface area contributed by atoms with E-state index in [2.05, 4.69) is 10.0 Å². The molecule has 0 aliphatic heterocycles. The molecule has 0 aromatic heterocycles. The van der Waals surface area contributed by atoms with Gasteiger partial charge in [-0.15, -0.1) is 0 Å². The van der Waals surface area contributed by atoms with Crippen molar-refractivity contribution in [3.8, 4) is 11.5 Å². The van der Waals surface area contributed by atoms with Gasteiger partial charge in [0, 0.05) is 18.3 Å². The molecule has 0 spiro atoms. The van der Waals surface area contributed by atoms with Gasteiger partial charge in [0.1, 0.15) is 0 Å². The number of carbonyl (C=O) groups is 1. The topological polar surface area (TPSA) is 93.7 Å². The Kier molecular flexibility index (Phi) is 8.09. The second kappa shape index (κ2) is 10.5. The standard InChI is InChI=1S/C21H26N2O5S/c1-4-27-19-11-9-16(14-20(19)28-5-2)10-12-21(24)22-15-17-7-6-8-18(13-17)23-29(3,25)26/h6-14,23H,4-5,15H2,1-3H3,(H,22,24)/b12-10+. The van der Waals surface area contributed by atoms with Crippen molar-refractivity contribution in [2.24, 2.45) is 0 Å². The van der Waals surface area contributed by atoms with Gasteiger partial charge in [0.15, 0.2) is 11.5 Å². The van der Waals surface area contributed by atoms with Gasteiger partial charge in [0.25, 0.3) is 0 Å². The van der Waals surface area contributed by atoms with Gasteiger partial charge in [-0.25, -0.2) is 8.42 Å². The first kappa shape index (κ1) is 22.3. The van der Waals surface area contributed by atoms with Crippen molar-refractivity contribution in [1.82, 2.24) is 5.32 Å². The first-order valence-electron chi connectivity index (χ1n) is 9.23. The fraction of sp³-hybridized carbons (Fsp3) is 0.286. The van der Waals surface area contributed by atoms with Crippen LogP contribution >= 0.6 is 0 Å². The molecule has 1 amide bonds. The highest BCUT2D eigenvalue weighted by Gasteiger charge is 2.06. The molecule has 0 unspecified atom stereocenters. The average molecular weight is 419 g/mol. The molecule has 0 radical (unpaired) electrons. The summed E-state index contributed by atoms with van der Waals surface area (Å²) in [5.74, 6) is 1.03. The summed E-state index contributed by atoms with van der Waals surface area (Å²) < 4.78 is 36.1. The van der Waals surface area contributed by atoms with Crippen LogP contribution in [0, 0.1) is 0 Å². The predicted molar refractivity (Wildman–Crippen MR) is 115 cm³/mol. The van der Waals surface area contributed by atoms with E-state index >= 15 is 0 Å². The number of hydrogen-bond donors (Lipinski definition) is 2. The third-order valence-electron chi connectivity index (χ3n) is 3.69. The van der Waals surface area contributed by atoms with Crippen LogP contribution in [0.25, 0.3) is 6.08 Å². The van der Waals surface area contributed by atoms with Crippen molar-refractivity contribution in [3.05, 3.63) is 59.7 Å². The molecular formula is C21H26N2O5S. The Morgan fingerprint density at radius 2 is 1.76 bits per heavy atom. The molecule has 0 aliphatic rings. The summed E-state index contributed by atoms with van der Waals surface area (Å²) in [7, 11) is -3.35. The fourth-order valence-corrected chi connectivity index (χ4v) is 3.11. The maximum absolute atomic E-state index is 12.1. The van der Waals surface area contributed by atoms with Crippen molar-refractivity contribution in [1.29, 1.82) is 0 Å². The lowest BCUT2D eigenvalue weighted by Crippen LogP contribution is -2.20. The van der Waals surface area contributed by atoms with Gasteiger partial charge in [-0.1, -0.05) is 18.2 Å². The minimum absolute atomic E-state index is 0.265. The van der Waals surface area contributed by atoms with Gasteiger partial charge in [-0.3, -0.25) is 9.52 Å². The van der Waals surface area contributed by atoms with Crippen molar-refractivity contribution >= 4 is 27.7 Å². The van der Waals surface area contributed by atoms with Crippen LogP contribution in [-0.4, -0.2) is 33.8 Å². The normalized spacial score (nSPS) is 11.3. The van der Waals surface area contributed by atoms with Gasteiger partial charge in [0.2, 0.25) is 15.9 Å². The summed E-state index contributed by atoms with van der Waals surface area (Å²) in [4.78, 5) is 12.1. The van der Waals surface area contributed by atoms with Crippen molar-refractivity contribution in [2.75, 3.05) is 24.2 Å². The molecule has 7 nitrogen and oxygen atoms in total. The smallest absolute Gasteiger partial charge is 0.244 e. The Bertz CT molecular complexity index is 971. The van der Waals surface area contributed by atoms with Crippen molar-refractivity contribution < 1.29 is 22.7 Å². The fourth-order valence-electron chi connectivity index (χ4n) is 2.55. The van der Waals surface area contributed by atoms with Crippen LogP contribution < -0.4 is 19.5 Å². The third kappa shape index (κ3) is 7.87. The number of ether oxygens (including phenoxy) is 2. The average Bonchev–Trinajstić information content (AvgIpc) is 2.66. The van der Waals surface area contributed by atoms with E-state index in [4.69, 9.17) is 9.47 Å². The summed E-state index contributed by atoms with van der Waals surface area (Å²) in [6, 6.07) is 12.3. The number of benzene rings is 2. The molecule has 2 aromatic rings. The van der Waals surface area contributed by atoms with E-state index in [9.17, 15) is 13.2 Å². The van der Waals surface area contributed by atoms with E-state index in [1.165, 1.54) is 6.08 Å². The summed E-state index contributed by atoms with van der Waals surface area (Å²) in [6.07, 6.45) is 4.21. The quantitative estimate of drug-likeness (QED) is 0.578.